The number of piperazine rings is 1. The van der Waals surface area contributed by atoms with E-state index in [0.717, 1.165) is 19.6 Å². The van der Waals surface area contributed by atoms with Gasteiger partial charge in [-0.05, 0) is 46.5 Å². The molecule has 3 nitrogen and oxygen atoms in total. The molecule has 0 bridgehead atoms. The zero-order chi connectivity index (χ0) is 14.0. The van der Waals surface area contributed by atoms with Gasteiger partial charge in [0.25, 0.3) is 0 Å². The fourth-order valence-corrected chi connectivity index (χ4v) is 3.14. The molecule has 3 heteroatoms. The van der Waals surface area contributed by atoms with E-state index >= 15 is 0 Å². The fraction of sp³-hybridized carbons (Fsp3) is 0.625. The third-order valence-electron chi connectivity index (χ3n) is 3.91. The molecule has 1 aromatic carbocycles. The number of hydrogen-bond donors (Lipinski definition) is 1. The molecule has 106 valence electrons. The molecule has 0 aliphatic carbocycles. The van der Waals surface area contributed by atoms with Gasteiger partial charge in [-0.3, -0.25) is 0 Å². The van der Waals surface area contributed by atoms with Crippen LogP contribution >= 0.6 is 0 Å². The molecule has 0 spiro atoms. The predicted octanol–water partition coefficient (Wildman–Crippen LogP) is 2.11. The topological polar surface area (TPSA) is 18.5 Å². The number of aryl methyl sites for hydroxylation is 1. The van der Waals surface area contributed by atoms with E-state index in [4.69, 9.17) is 0 Å². The normalized spacial score (nSPS) is 22.8. The Bertz CT molecular complexity index is 426. The quantitative estimate of drug-likeness (QED) is 0.899. The molecule has 0 saturated carbocycles. The van der Waals surface area contributed by atoms with E-state index in [9.17, 15) is 0 Å². The first-order valence-electron chi connectivity index (χ1n) is 7.12. The van der Waals surface area contributed by atoms with Crippen molar-refractivity contribution in [3.63, 3.8) is 0 Å². The van der Waals surface area contributed by atoms with Crippen LogP contribution in [-0.4, -0.2) is 50.2 Å². The number of para-hydroxylation sites is 1. The summed E-state index contributed by atoms with van der Waals surface area (Å²) in [6.07, 6.45) is 0. The lowest BCUT2D eigenvalue weighted by Gasteiger charge is -2.51. The minimum Gasteiger partial charge on any atom is -0.359 e. The Hall–Kier alpha value is -1.06. The monoisotopic (exact) mass is 261 g/mol. The van der Waals surface area contributed by atoms with E-state index in [-0.39, 0.29) is 5.54 Å². The summed E-state index contributed by atoms with van der Waals surface area (Å²) in [7, 11) is 4.30. The van der Waals surface area contributed by atoms with Crippen LogP contribution in [0.15, 0.2) is 24.3 Å². The highest BCUT2D eigenvalue weighted by Crippen LogP contribution is 2.31. The largest absolute Gasteiger partial charge is 0.359 e. The zero-order valence-electron chi connectivity index (χ0n) is 12.9. The average molecular weight is 261 g/mol. The number of anilines is 1. The number of benzene rings is 1. The van der Waals surface area contributed by atoms with Crippen molar-refractivity contribution >= 4 is 5.69 Å². The first-order valence-corrected chi connectivity index (χ1v) is 7.12. The van der Waals surface area contributed by atoms with E-state index < -0.39 is 0 Å². The molecule has 1 saturated heterocycles. The summed E-state index contributed by atoms with van der Waals surface area (Å²) in [4.78, 5) is 4.89. The molecule has 1 aliphatic rings. The van der Waals surface area contributed by atoms with E-state index in [1.165, 1.54) is 11.3 Å². The lowest BCUT2D eigenvalue weighted by atomic mass is 9.93. The summed E-state index contributed by atoms with van der Waals surface area (Å²) in [5.74, 6) is 0. The standard InChI is InChI=1S/C16H27N3/c1-13-8-6-7-9-15(13)19-14(11-18(4)5)10-17-12-16(19,2)3/h6-9,14,17H,10-12H2,1-5H3. The smallest absolute Gasteiger partial charge is 0.0547 e. The molecule has 1 N–H and O–H groups in total. The second-order valence-corrected chi connectivity index (χ2v) is 6.52. The Kier molecular flexibility index (Phi) is 4.16. The summed E-state index contributed by atoms with van der Waals surface area (Å²) in [5, 5.41) is 3.58. The van der Waals surface area contributed by atoms with Crippen molar-refractivity contribution in [3.05, 3.63) is 29.8 Å². The van der Waals surface area contributed by atoms with Crippen LogP contribution in [0.1, 0.15) is 19.4 Å². The maximum atomic E-state index is 3.58. The zero-order valence-corrected chi connectivity index (χ0v) is 12.9. The van der Waals surface area contributed by atoms with Crippen molar-refractivity contribution in [2.45, 2.75) is 32.4 Å². The molecule has 19 heavy (non-hydrogen) atoms. The Labute approximate surface area is 117 Å². The molecular formula is C16H27N3. The van der Waals surface area contributed by atoms with Gasteiger partial charge in [0.1, 0.15) is 0 Å². The van der Waals surface area contributed by atoms with Gasteiger partial charge in [-0.1, -0.05) is 18.2 Å². The number of hydrogen-bond acceptors (Lipinski definition) is 3. The summed E-state index contributed by atoms with van der Waals surface area (Å²) in [6.45, 7) is 10.0. The van der Waals surface area contributed by atoms with Crippen LogP contribution in [0, 0.1) is 6.92 Å². The van der Waals surface area contributed by atoms with E-state index in [1.807, 2.05) is 0 Å². The van der Waals surface area contributed by atoms with Gasteiger partial charge < -0.3 is 15.1 Å². The Morgan fingerprint density at radius 3 is 2.63 bits per heavy atom. The number of nitrogens with one attached hydrogen (secondary N) is 1. The first-order chi connectivity index (χ1) is 8.92. The predicted molar refractivity (Wildman–Crippen MR) is 82.9 cm³/mol. The third-order valence-corrected chi connectivity index (χ3v) is 3.91. The molecular weight excluding hydrogens is 234 g/mol. The molecule has 1 fully saturated rings. The van der Waals surface area contributed by atoms with Gasteiger partial charge in [0.05, 0.1) is 6.04 Å². The highest BCUT2D eigenvalue weighted by atomic mass is 15.3. The molecule has 0 radical (unpaired) electrons. The number of rotatable bonds is 3. The maximum absolute atomic E-state index is 3.58. The van der Waals surface area contributed by atoms with E-state index in [0.29, 0.717) is 6.04 Å². The lowest BCUT2D eigenvalue weighted by Crippen LogP contribution is -2.65. The van der Waals surface area contributed by atoms with Crippen molar-refractivity contribution in [1.29, 1.82) is 0 Å². The van der Waals surface area contributed by atoms with Gasteiger partial charge in [-0.25, -0.2) is 0 Å². The average Bonchev–Trinajstić information content (AvgIpc) is 2.29. The van der Waals surface area contributed by atoms with Gasteiger partial charge in [0.15, 0.2) is 0 Å². The van der Waals surface area contributed by atoms with Crippen LogP contribution < -0.4 is 10.2 Å². The minimum absolute atomic E-state index is 0.144. The molecule has 0 aromatic heterocycles. The highest BCUT2D eigenvalue weighted by molar-refractivity contribution is 5.56. The molecule has 1 aromatic rings. The third kappa shape index (κ3) is 3.10. The number of nitrogens with zero attached hydrogens (tertiary/aromatic N) is 2. The Balaban J connectivity index is 2.37. The van der Waals surface area contributed by atoms with Crippen LogP contribution in [0.25, 0.3) is 0 Å². The van der Waals surface area contributed by atoms with Crippen LogP contribution in [-0.2, 0) is 0 Å². The summed E-state index contributed by atoms with van der Waals surface area (Å²) in [6, 6.07) is 9.24. The minimum atomic E-state index is 0.144. The maximum Gasteiger partial charge on any atom is 0.0547 e. The second kappa shape index (κ2) is 5.51. The van der Waals surface area contributed by atoms with E-state index in [1.54, 1.807) is 0 Å². The highest BCUT2D eigenvalue weighted by Gasteiger charge is 2.36. The fourth-order valence-electron chi connectivity index (χ4n) is 3.14. The van der Waals surface area contributed by atoms with Crippen LogP contribution in [0.5, 0.6) is 0 Å². The molecule has 1 aliphatic heterocycles. The summed E-state index contributed by atoms with van der Waals surface area (Å²) < 4.78 is 0. The van der Waals surface area contributed by atoms with Crippen LogP contribution in [0.4, 0.5) is 5.69 Å². The Morgan fingerprint density at radius 1 is 1.32 bits per heavy atom. The van der Waals surface area contributed by atoms with Crippen LogP contribution in [0.3, 0.4) is 0 Å². The van der Waals surface area contributed by atoms with Crippen molar-refractivity contribution in [3.8, 4) is 0 Å². The van der Waals surface area contributed by atoms with Crippen molar-refractivity contribution < 1.29 is 0 Å². The molecule has 1 atom stereocenters. The Morgan fingerprint density at radius 2 is 2.00 bits per heavy atom. The van der Waals surface area contributed by atoms with Gasteiger partial charge >= 0.3 is 0 Å². The van der Waals surface area contributed by atoms with E-state index in [2.05, 4.69) is 74.2 Å². The second-order valence-electron chi connectivity index (χ2n) is 6.52. The summed E-state index contributed by atoms with van der Waals surface area (Å²) >= 11 is 0. The SMILES string of the molecule is Cc1ccccc1N1C(CN(C)C)CNCC1(C)C. The molecule has 0 amide bonds. The molecule has 1 heterocycles. The number of likely N-dealkylation sites (N-methyl/N-ethyl adjacent to an activating group) is 1. The lowest BCUT2D eigenvalue weighted by molar-refractivity contribution is 0.271. The van der Waals surface area contributed by atoms with Gasteiger partial charge in [-0.2, -0.15) is 0 Å². The summed E-state index contributed by atoms with van der Waals surface area (Å²) in [5.41, 5.74) is 2.88. The van der Waals surface area contributed by atoms with Crippen molar-refractivity contribution in [2.75, 3.05) is 38.6 Å². The first kappa shape index (κ1) is 14.4. The van der Waals surface area contributed by atoms with Crippen molar-refractivity contribution in [2.24, 2.45) is 0 Å². The molecule has 1 unspecified atom stereocenters. The van der Waals surface area contributed by atoms with Crippen LogP contribution in [0.2, 0.25) is 0 Å². The van der Waals surface area contributed by atoms with Gasteiger partial charge in [0, 0.05) is 30.9 Å². The van der Waals surface area contributed by atoms with Crippen molar-refractivity contribution in [1.82, 2.24) is 10.2 Å². The van der Waals surface area contributed by atoms with Gasteiger partial charge in [-0.15, -0.1) is 0 Å². The van der Waals surface area contributed by atoms with Gasteiger partial charge in [0.2, 0.25) is 0 Å². The molecule has 2 rings (SSSR count).